The van der Waals surface area contributed by atoms with Gasteiger partial charge in [0.15, 0.2) is 5.50 Å². The third kappa shape index (κ3) is 3.50. The van der Waals surface area contributed by atoms with Gasteiger partial charge in [-0.05, 0) is 23.3 Å². The lowest BCUT2D eigenvalue weighted by atomic mass is 9.65. The van der Waals surface area contributed by atoms with E-state index in [1.807, 2.05) is 0 Å². The maximum absolute atomic E-state index is 12.9. The summed E-state index contributed by atoms with van der Waals surface area (Å²) in [6.07, 6.45) is 0. The summed E-state index contributed by atoms with van der Waals surface area (Å²) in [7, 11) is 14.3. The minimum atomic E-state index is -4.77. The number of Topliss-reactive ketones (excluding diaryl/α,β-unsaturated/α-hetero) is 1. The minimum absolute atomic E-state index is 0.0392. The second kappa shape index (κ2) is 7.22. The van der Waals surface area contributed by atoms with Crippen molar-refractivity contribution in [2.75, 3.05) is 7.11 Å². The van der Waals surface area contributed by atoms with Gasteiger partial charge in [0.05, 0.1) is 27.3 Å². The van der Waals surface area contributed by atoms with Gasteiger partial charge in [-0.15, -0.1) is 0 Å². The number of nitrogens with two attached hydrogens (primary N) is 1. The Kier molecular flexibility index (Phi) is 5.21. The van der Waals surface area contributed by atoms with Crippen LogP contribution < -0.4 is 10.5 Å². The predicted octanol–water partition coefficient (Wildman–Crippen LogP) is 0.237. The molecule has 3 rings (SSSR count). The molecule has 11 heteroatoms. The topological polar surface area (TPSA) is 105 Å². The third-order valence-electron chi connectivity index (χ3n) is 4.37. The van der Waals surface area contributed by atoms with Gasteiger partial charge in [-0.25, -0.2) is 0 Å². The Balaban J connectivity index is 1.94. The van der Waals surface area contributed by atoms with Crippen molar-refractivity contribution in [2.45, 2.75) is 10.0 Å². The summed E-state index contributed by atoms with van der Waals surface area (Å²) in [5.41, 5.74) is 3.80. The molecule has 2 aromatic carbocycles. The molecule has 0 aromatic heterocycles. The van der Waals surface area contributed by atoms with Crippen LogP contribution in [0, 0.1) is 0 Å². The van der Waals surface area contributed by atoms with Gasteiger partial charge < -0.3 is 19.4 Å². The highest BCUT2D eigenvalue weighted by Crippen LogP contribution is 2.38. The van der Waals surface area contributed by atoms with Crippen LogP contribution in [0.25, 0.3) is 0 Å². The zero-order chi connectivity index (χ0) is 21.4. The number of benzene rings is 2. The fraction of sp³-hybridized carbons (Fsp3) is 0.167. The van der Waals surface area contributed by atoms with E-state index in [0.717, 1.165) is 0 Å². The lowest BCUT2D eigenvalue weighted by Crippen LogP contribution is -2.40. The summed E-state index contributed by atoms with van der Waals surface area (Å²) in [6.45, 7) is 0. The first-order valence-corrected chi connectivity index (χ1v) is 9.68. The van der Waals surface area contributed by atoms with E-state index in [4.69, 9.17) is 42.9 Å². The molecule has 0 spiro atoms. The van der Waals surface area contributed by atoms with E-state index in [1.165, 1.54) is 31.4 Å². The van der Waals surface area contributed by atoms with Crippen molar-refractivity contribution >= 4 is 39.4 Å². The maximum Gasteiger partial charge on any atom is 0.302 e. The number of ketones is 1. The molecule has 0 amide bonds. The number of carbonyl (C=O) groups excluding carboxylic acids is 1. The molecule has 0 saturated carbocycles. The summed E-state index contributed by atoms with van der Waals surface area (Å²) in [5.74, 6) is -2.05. The summed E-state index contributed by atoms with van der Waals surface area (Å²) in [4.78, 5) is 12.9. The Morgan fingerprint density at radius 2 is 1.76 bits per heavy atom. The number of hydrogen-bond acceptors (Lipinski definition) is 7. The largest absolute Gasteiger partial charge is 0.497 e. The molecule has 0 fully saturated rings. The highest BCUT2D eigenvalue weighted by Gasteiger charge is 2.50. The molecule has 0 aliphatic carbocycles. The molecular formula is C18H14B3NO6S. The number of ether oxygens (including phenoxy) is 2. The Hall–Kier alpha value is -2.81. The Morgan fingerprint density at radius 1 is 1.10 bits per heavy atom. The first kappa shape index (κ1) is 20.9. The average Bonchev–Trinajstić information content (AvgIpc) is 2.92. The first-order chi connectivity index (χ1) is 13.5. The lowest BCUT2D eigenvalue weighted by Gasteiger charge is -2.26. The quantitative estimate of drug-likeness (QED) is 0.543. The molecule has 0 unspecified atom stereocenters. The standard InChI is InChI=1S/C18H14B3NO6S/c1-26-13-9-5-8-12(10-13)17(19)15(23)14(16(22)27-17)28-29(24,25)18(20,21)11-6-3-2-4-7-11/h2-10H,22H2,1H3/t17-/m1/s1. The van der Waals surface area contributed by atoms with Crippen LogP contribution >= 0.6 is 0 Å². The number of rotatable bonds is 6. The van der Waals surface area contributed by atoms with Gasteiger partial charge in [0.25, 0.3) is 0 Å². The van der Waals surface area contributed by atoms with Crippen LogP contribution in [0.4, 0.5) is 0 Å². The van der Waals surface area contributed by atoms with E-state index >= 15 is 0 Å². The Bertz CT molecular complexity index is 1090. The summed E-state index contributed by atoms with van der Waals surface area (Å²) < 4.78 is 38.3. The van der Waals surface area contributed by atoms with Gasteiger partial charge in [0.1, 0.15) is 13.6 Å². The maximum atomic E-state index is 12.9. The molecule has 6 radical (unpaired) electrons. The lowest BCUT2D eigenvalue weighted by molar-refractivity contribution is -0.126. The van der Waals surface area contributed by atoms with E-state index in [0.29, 0.717) is 5.75 Å². The molecule has 2 aromatic rings. The van der Waals surface area contributed by atoms with Crippen LogP contribution in [0.2, 0.25) is 0 Å². The van der Waals surface area contributed by atoms with Crippen molar-refractivity contribution in [1.82, 2.24) is 0 Å². The van der Waals surface area contributed by atoms with Gasteiger partial charge in [-0.3, -0.25) is 4.79 Å². The predicted molar refractivity (Wildman–Crippen MR) is 107 cm³/mol. The molecule has 1 aliphatic heterocycles. The molecule has 29 heavy (non-hydrogen) atoms. The highest BCUT2D eigenvalue weighted by molar-refractivity contribution is 7.90. The second-order valence-electron chi connectivity index (χ2n) is 6.29. The molecule has 1 aliphatic rings. The van der Waals surface area contributed by atoms with Crippen molar-refractivity contribution in [2.24, 2.45) is 5.73 Å². The van der Waals surface area contributed by atoms with Crippen LogP contribution in [0.5, 0.6) is 5.75 Å². The van der Waals surface area contributed by atoms with Gasteiger partial charge in [0, 0.05) is 0 Å². The molecule has 1 atom stereocenters. The van der Waals surface area contributed by atoms with Crippen molar-refractivity contribution in [3.8, 4) is 5.75 Å². The van der Waals surface area contributed by atoms with Gasteiger partial charge in [-0.2, -0.15) is 8.42 Å². The van der Waals surface area contributed by atoms with Crippen LogP contribution in [-0.4, -0.2) is 44.8 Å². The van der Waals surface area contributed by atoms with Crippen molar-refractivity contribution in [3.63, 3.8) is 0 Å². The van der Waals surface area contributed by atoms with E-state index in [-0.39, 0.29) is 11.1 Å². The third-order valence-corrected chi connectivity index (χ3v) is 5.82. The molecule has 142 valence electrons. The SMILES string of the molecule is [B]C([B])(c1ccccc1)S(=O)(=O)OC1=C(N)O[C@]([B])(c2cccc(OC)c2)C1=O. The van der Waals surface area contributed by atoms with Crippen molar-refractivity contribution in [3.05, 3.63) is 77.4 Å². The minimum Gasteiger partial charge on any atom is -0.497 e. The Morgan fingerprint density at radius 3 is 2.38 bits per heavy atom. The smallest absolute Gasteiger partial charge is 0.302 e. The first-order valence-electron chi connectivity index (χ1n) is 8.27. The molecular weight excluding hydrogens is 391 g/mol. The van der Waals surface area contributed by atoms with Crippen molar-refractivity contribution in [1.29, 1.82) is 0 Å². The molecule has 1 heterocycles. The normalized spacial score (nSPS) is 19.7. The van der Waals surface area contributed by atoms with Crippen LogP contribution in [0.3, 0.4) is 0 Å². The zero-order valence-corrected chi connectivity index (χ0v) is 16.2. The van der Waals surface area contributed by atoms with Gasteiger partial charge >= 0.3 is 10.1 Å². The molecule has 2 N–H and O–H groups in total. The highest BCUT2D eigenvalue weighted by atomic mass is 32.2. The monoisotopic (exact) mass is 405 g/mol. The number of hydrogen-bond donors (Lipinski definition) is 1. The van der Waals surface area contributed by atoms with E-state index < -0.39 is 37.6 Å². The molecule has 0 bridgehead atoms. The van der Waals surface area contributed by atoms with E-state index in [9.17, 15) is 13.2 Å². The van der Waals surface area contributed by atoms with E-state index in [1.54, 1.807) is 30.3 Å². The zero-order valence-electron chi connectivity index (χ0n) is 15.4. The number of carbonyl (C=O) groups is 1. The second-order valence-corrected chi connectivity index (χ2v) is 8.04. The fourth-order valence-corrected chi connectivity index (χ4v) is 3.63. The molecule has 0 saturated heterocycles. The van der Waals surface area contributed by atoms with Crippen LogP contribution in [0.15, 0.2) is 66.2 Å². The van der Waals surface area contributed by atoms with Gasteiger partial charge in [0.2, 0.25) is 17.4 Å². The van der Waals surface area contributed by atoms with Crippen LogP contribution in [0.1, 0.15) is 11.1 Å². The Labute approximate surface area is 172 Å². The number of methoxy groups -OCH3 is 1. The van der Waals surface area contributed by atoms with Crippen LogP contribution in [-0.2, 0) is 33.9 Å². The van der Waals surface area contributed by atoms with Crippen molar-refractivity contribution < 1.29 is 26.9 Å². The summed E-state index contributed by atoms with van der Waals surface area (Å²) >= 11 is 0. The molecule has 7 nitrogen and oxygen atoms in total. The summed E-state index contributed by atoms with van der Waals surface area (Å²) in [6, 6.07) is 13.7. The summed E-state index contributed by atoms with van der Waals surface area (Å²) in [5, 5.41) is 0. The average molecular weight is 405 g/mol. The van der Waals surface area contributed by atoms with Gasteiger partial charge in [-0.1, -0.05) is 42.5 Å². The van der Waals surface area contributed by atoms with E-state index in [2.05, 4.69) is 0 Å². The fourth-order valence-electron chi connectivity index (χ4n) is 2.69.